The Morgan fingerprint density at radius 3 is 2.55 bits per heavy atom. The van der Waals surface area contributed by atoms with Crippen LogP contribution in [0.5, 0.6) is 0 Å². The van der Waals surface area contributed by atoms with E-state index in [0.29, 0.717) is 11.8 Å². The van der Waals surface area contributed by atoms with Gasteiger partial charge >= 0.3 is 0 Å². The summed E-state index contributed by atoms with van der Waals surface area (Å²) < 4.78 is 42.4. The van der Waals surface area contributed by atoms with Crippen LogP contribution in [0.2, 0.25) is 0 Å². The average molecular weight is 554 g/mol. The molecule has 2 aliphatic heterocycles. The highest BCUT2D eigenvalue weighted by molar-refractivity contribution is 6.01. The predicted octanol–water partition coefficient (Wildman–Crippen LogP) is 4.04. The number of nitrogens with one attached hydrogen (secondary N) is 2. The summed E-state index contributed by atoms with van der Waals surface area (Å²) >= 11 is 0. The van der Waals surface area contributed by atoms with Crippen molar-refractivity contribution in [3.05, 3.63) is 77.4 Å². The van der Waals surface area contributed by atoms with Crippen molar-refractivity contribution < 1.29 is 27.6 Å². The van der Waals surface area contributed by atoms with Crippen LogP contribution in [0, 0.1) is 23.4 Å². The number of halogens is 3. The van der Waals surface area contributed by atoms with Crippen molar-refractivity contribution in [2.45, 2.75) is 44.2 Å². The van der Waals surface area contributed by atoms with Gasteiger partial charge in [0.05, 0.1) is 10.9 Å². The number of fused-ring (bicyclic) bond motifs is 3. The van der Waals surface area contributed by atoms with Gasteiger partial charge in [-0.05, 0) is 36.5 Å². The fourth-order valence-corrected chi connectivity index (χ4v) is 5.96. The number of aromatic nitrogens is 1. The molecule has 3 heterocycles. The summed E-state index contributed by atoms with van der Waals surface area (Å²) in [4.78, 5) is 45.3. The van der Waals surface area contributed by atoms with E-state index in [-0.39, 0.29) is 36.4 Å². The second-order valence-electron chi connectivity index (χ2n) is 11.0. The Morgan fingerprint density at radius 1 is 1.18 bits per heavy atom. The Labute approximate surface area is 229 Å². The summed E-state index contributed by atoms with van der Waals surface area (Å²) in [6.45, 7) is 8.06. The number of para-hydroxylation sites is 1. The molecule has 8 nitrogen and oxygen atoms in total. The maximum absolute atomic E-state index is 14.3. The minimum absolute atomic E-state index is 0.0386. The molecule has 0 unspecified atom stereocenters. The zero-order chi connectivity index (χ0) is 29.1. The number of anilines is 1. The first kappa shape index (κ1) is 27.3. The lowest BCUT2D eigenvalue weighted by Gasteiger charge is -2.34. The standard InChI is InChI=1S/C29H30F3N5O3/c1-14(2)9-22(36(4)27(39)21-10-16-18(30)11-19(31)24(32)25(16)35-21)28(40)37-13-29(12-23(37)26(33)38)15(3)34-20-8-6-5-7-17(20)29/h5-8,10-11,14,22-23,34-35H,3,9,12-13H2,1-2,4H3,(H2,33,38)/t22-,23-,29+/m0/s1. The second-order valence-corrected chi connectivity index (χ2v) is 11.0. The van der Waals surface area contributed by atoms with Gasteiger partial charge in [-0.15, -0.1) is 0 Å². The van der Waals surface area contributed by atoms with E-state index in [1.807, 2.05) is 38.1 Å². The molecular formula is C29H30F3N5O3. The van der Waals surface area contributed by atoms with E-state index in [1.165, 1.54) is 16.8 Å². The van der Waals surface area contributed by atoms with Gasteiger partial charge in [-0.1, -0.05) is 38.6 Å². The highest BCUT2D eigenvalue weighted by Crippen LogP contribution is 2.50. The number of carbonyl (C=O) groups excluding carboxylic acids is 3. The average Bonchev–Trinajstić information content (AvgIpc) is 3.60. The first-order chi connectivity index (χ1) is 18.9. The molecular weight excluding hydrogens is 523 g/mol. The van der Waals surface area contributed by atoms with E-state index >= 15 is 0 Å². The molecule has 0 aliphatic carbocycles. The Hall–Kier alpha value is -4.28. The van der Waals surface area contributed by atoms with E-state index in [2.05, 4.69) is 16.9 Å². The highest BCUT2D eigenvalue weighted by Gasteiger charge is 2.55. The zero-order valence-corrected chi connectivity index (χ0v) is 22.4. The minimum atomic E-state index is -1.39. The summed E-state index contributed by atoms with van der Waals surface area (Å²) in [5.41, 5.74) is 6.73. The number of carbonyl (C=O) groups is 3. The number of benzene rings is 2. The first-order valence-electron chi connectivity index (χ1n) is 12.9. The lowest BCUT2D eigenvalue weighted by molar-refractivity contribution is -0.141. The van der Waals surface area contributed by atoms with Crippen LogP contribution in [0.1, 0.15) is 42.7 Å². The number of aromatic amines is 1. The molecule has 210 valence electrons. The van der Waals surface area contributed by atoms with Crippen LogP contribution in [0.3, 0.4) is 0 Å². The third-order valence-electron chi connectivity index (χ3n) is 8.03. The van der Waals surface area contributed by atoms with Crippen molar-refractivity contribution in [3.63, 3.8) is 0 Å². The number of hydrogen-bond acceptors (Lipinski definition) is 4. The topological polar surface area (TPSA) is 112 Å². The number of amides is 3. The van der Waals surface area contributed by atoms with E-state index < -0.39 is 58.2 Å². The molecule has 4 N–H and O–H groups in total. The molecule has 3 atom stereocenters. The normalized spacial score (nSPS) is 20.7. The van der Waals surface area contributed by atoms with E-state index in [9.17, 15) is 27.6 Å². The van der Waals surface area contributed by atoms with Crippen LogP contribution in [0.4, 0.5) is 18.9 Å². The SMILES string of the molecule is C=C1Nc2ccccc2[C@@]12C[C@@H](C(N)=O)N(C(=O)[C@H](CC(C)C)N(C)C(=O)c1cc3c(F)cc(F)c(F)c3[nH]1)C2. The number of rotatable bonds is 6. The zero-order valence-electron chi connectivity index (χ0n) is 22.4. The van der Waals surface area contributed by atoms with Crippen molar-refractivity contribution in [1.82, 2.24) is 14.8 Å². The molecule has 1 aromatic heterocycles. The molecule has 5 rings (SSSR count). The van der Waals surface area contributed by atoms with Crippen molar-refractivity contribution in [1.29, 1.82) is 0 Å². The van der Waals surface area contributed by atoms with Gasteiger partial charge < -0.3 is 25.8 Å². The van der Waals surface area contributed by atoms with Crippen LogP contribution >= 0.6 is 0 Å². The maximum Gasteiger partial charge on any atom is 0.270 e. The molecule has 2 aromatic carbocycles. The van der Waals surface area contributed by atoms with Gasteiger partial charge in [0.25, 0.3) is 5.91 Å². The predicted molar refractivity (Wildman–Crippen MR) is 144 cm³/mol. The van der Waals surface area contributed by atoms with Crippen molar-refractivity contribution in [2.75, 3.05) is 18.9 Å². The molecule has 0 saturated carbocycles. The van der Waals surface area contributed by atoms with Gasteiger partial charge in [-0.2, -0.15) is 0 Å². The molecule has 1 fully saturated rings. The highest BCUT2D eigenvalue weighted by atomic mass is 19.2. The van der Waals surface area contributed by atoms with E-state index in [0.717, 1.165) is 17.3 Å². The molecule has 1 spiro atoms. The van der Waals surface area contributed by atoms with Crippen LogP contribution in [0.25, 0.3) is 10.9 Å². The fraction of sp³-hybridized carbons (Fsp3) is 0.345. The van der Waals surface area contributed by atoms with Crippen LogP contribution in [-0.2, 0) is 15.0 Å². The second kappa shape index (κ2) is 9.72. The third-order valence-corrected chi connectivity index (χ3v) is 8.03. The Balaban J connectivity index is 1.50. The first-order valence-corrected chi connectivity index (χ1v) is 12.9. The molecule has 3 aromatic rings. The van der Waals surface area contributed by atoms with Gasteiger partial charge in [0.15, 0.2) is 11.6 Å². The number of hydrogen-bond donors (Lipinski definition) is 3. The Bertz CT molecular complexity index is 1570. The van der Waals surface area contributed by atoms with Gasteiger partial charge in [-0.3, -0.25) is 14.4 Å². The third kappa shape index (κ3) is 4.20. The quantitative estimate of drug-likeness (QED) is 0.400. The number of likely N-dealkylation sites (tertiary alicyclic amines) is 1. The number of primary amides is 1. The Kier molecular flexibility index (Phi) is 6.63. The largest absolute Gasteiger partial charge is 0.368 e. The molecule has 3 amide bonds. The van der Waals surface area contributed by atoms with E-state index in [4.69, 9.17) is 5.73 Å². The molecule has 1 saturated heterocycles. The lowest BCUT2D eigenvalue weighted by atomic mass is 9.78. The number of H-pyrrole nitrogens is 1. The van der Waals surface area contributed by atoms with Gasteiger partial charge in [0.2, 0.25) is 11.8 Å². The summed E-state index contributed by atoms with van der Waals surface area (Å²) in [6, 6.07) is 7.08. The molecule has 0 radical (unpaired) electrons. The van der Waals surface area contributed by atoms with Gasteiger partial charge in [-0.25, -0.2) is 13.2 Å². The van der Waals surface area contributed by atoms with Gasteiger partial charge in [0, 0.05) is 36.4 Å². The van der Waals surface area contributed by atoms with Crippen molar-refractivity contribution in [2.24, 2.45) is 11.7 Å². The van der Waals surface area contributed by atoms with Crippen LogP contribution < -0.4 is 11.1 Å². The summed E-state index contributed by atoms with van der Waals surface area (Å²) in [6.07, 6.45) is 0.471. The number of nitrogens with zero attached hydrogens (tertiary/aromatic N) is 2. The summed E-state index contributed by atoms with van der Waals surface area (Å²) in [5.74, 6) is -5.66. The van der Waals surface area contributed by atoms with Crippen LogP contribution in [-0.4, -0.2) is 58.2 Å². The molecule has 0 bridgehead atoms. The molecule has 2 aliphatic rings. The number of likely N-dealkylation sites (N-methyl/N-ethyl adjacent to an activating group) is 1. The maximum atomic E-state index is 14.3. The van der Waals surface area contributed by atoms with Crippen LogP contribution in [0.15, 0.2) is 48.7 Å². The monoisotopic (exact) mass is 553 g/mol. The van der Waals surface area contributed by atoms with Crippen molar-refractivity contribution in [3.8, 4) is 0 Å². The molecule has 40 heavy (non-hydrogen) atoms. The molecule has 11 heteroatoms. The number of nitrogens with two attached hydrogens (primary N) is 1. The summed E-state index contributed by atoms with van der Waals surface area (Å²) in [7, 11) is 1.41. The summed E-state index contributed by atoms with van der Waals surface area (Å²) in [5, 5.41) is 2.97. The lowest BCUT2D eigenvalue weighted by Crippen LogP contribution is -2.54. The Morgan fingerprint density at radius 2 is 1.88 bits per heavy atom. The van der Waals surface area contributed by atoms with Gasteiger partial charge in [0.1, 0.15) is 23.6 Å². The smallest absolute Gasteiger partial charge is 0.270 e. The van der Waals surface area contributed by atoms with E-state index in [1.54, 1.807) is 0 Å². The fourth-order valence-electron chi connectivity index (χ4n) is 5.96. The van der Waals surface area contributed by atoms with Crippen molar-refractivity contribution >= 4 is 34.3 Å². The minimum Gasteiger partial charge on any atom is -0.368 e.